The Labute approximate surface area is 113 Å². The van der Waals surface area contributed by atoms with Crippen molar-refractivity contribution in [3.8, 4) is 5.75 Å². The van der Waals surface area contributed by atoms with Crippen molar-refractivity contribution in [3.63, 3.8) is 0 Å². The second-order valence-corrected chi connectivity index (χ2v) is 4.63. The molecule has 1 aliphatic rings. The molecule has 0 radical (unpaired) electrons. The zero-order chi connectivity index (χ0) is 13.8. The molecule has 0 bridgehead atoms. The molecule has 5 nitrogen and oxygen atoms in total. The van der Waals surface area contributed by atoms with E-state index in [1.807, 2.05) is 18.2 Å². The van der Waals surface area contributed by atoms with Crippen LogP contribution < -0.4 is 15.4 Å². The lowest BCUT2D eigenvalue weighted by Gasteiger charge is -2.33. The van der Waals surface area contributed by atoms with Gasteiger partial charge in [0.1, 0.15) is 5.75 Å². The molecule has 0 unspecified atom stereocenters. The lowest BCUT2D eigenvalue weighted by Crippen LogP contribution is -2.37. The number of alkyl carbamates (subject to hydrolysis) is 1. The van der Waals surface area contributed by atoms with Crippen LogP contribution in [0, 0.1) is 0 Å². The van der Waals surface area contributed by atoms with Crippen molar-refractivity contribution in [3.05, 3.63) is 23.8 Å². The Bertz CT molecular complexity index is 462. The van der Waals surface area contributed by atoms with Gasteiger partial charge in [-0.3, -0.25) is 0 Å². The van der Waals surface area contributed by atoms with Crippen molar-refractivity contribution in [2.45, 2.75) is 31.8 Å². The maximum atomic E-state index is 11.5. The van der Waals surface area contributed by atoms with Gasteiger partial charge in [-0.1, -0.05) is 6.92 Å². The summed E-state index contributed by atoms with van der Waals surface area (Å²) in [5.41, 5.74) is 2.08. The van der Waals surface area contributed by atoms with Gasteiger partial charge in [0.05, 0.1) is 20.3 Å². The second kappa shape index (κ2) is 5.82. The van der Waals surface area contributed by atoms with Crippen molar-refractivity contribution in [2.24, 2.45) is 0 Å². The minimum Gasteiger partial charge on any atom is -0.497 e. The van der Waals surface area contributed by atoms with E-state index in [0.717, 1.165) is 29.8 Å². The highest BCUT2D eigenvalue weighted by Gasteiger charge is 2.27. The molecule has 0 saturated heterocycles. The summed E-state index contributed by atoms with van der Waals surface area (Å²) >= 11 is 0. The number of rotatable bonds is 3. The number of anilines is 1. The third kappa shape index (κ3) is 2.92. The number of methoxy groups -OCH3 is 2. The fraction of sp³-hybridized carbons (Fsp3) is 0.500. The predicted molar refractivity (Wildman–Crippen MR) is 73.6 cm³/mol. The molecule has 0 saturated carbocycles. The molecule has 1 aromatic carbocycles. The highest BCUT2D eigenvalue weighted by molar-refractivity contribution is 5.69. The molecule has 2 N–H and O–H groups in total. The summed E-state index contributed by atoms with van der Waals surface area (Å²) in [5, 5.41) is 6.36. The Morgan fingerprint density at radius 2 is 2.26 bits per heavy atom. The summed E-state index contributed by atoms with van der Waals surface area (Å²) in [6, 6.07) is 6.15. The van der Waals surface area contributed by atoms with Gasteiger partial charge in [0.2, 0.25) is 0 Å². The van der Waals surface area contributed by atoms with Gasteiger partial charge in [0.15, 0.2) is 0 Å². The van der Waals surface area contributed by atoms with Crippen molar-refractivity contribution in [1.29, 1.82) is 0 Å². The van der Waals surface area contributed by atoms with E-state index in [9.17, 15) is 4.79 Å². The van der Waals surface area contributed by atoms with Gasteiger partial charge in [-0.2, -0.15) is 0 Å². The van der Waals surface area contributed by atoms with E-state index < -0.39 is 6.09 Å². The third-order valence-corrected chi connectivity index (χ3v) is 3.48. The molecule has 0 fully saturated rings. The van der Waals surface area contributed by atoms with Crippen molar-refractivity contribution in [1.82, 2.24) is 5.32 Å². The molecule has 0 aliphatic carbocycles. The van der Waals surface area contributed by atoms with E-state index in [0.29, 0.717) is 6.04 Å². The Morgan fingerprint density at radius 1 is 1.47 bits per heavy atom. The first kappa shape index (κ1) is 13.5. The van der Waals surface area contributed by atoms with Gasteiger partial charge in [-0.05, 0) is 31.0 Å². The molecule has 5 heteroatoms. The van der Waals surface area contributed by atoms with Crippen LogP contribution in [0.15, 0.2) is 18.2 Å². The third-order valence-electron chi connectivity index (χ3n) is 3.48. The average Bonchev–Trinajstić information content (AvgIpc) is 2.46. The fourth-order valence-corrected chi connectivity index (χ4v) is 2.38. The van der Waals surface area contributed by atoms with Crippen LogP contribution in [-0.2, 0) is 4.74 Å². The van der Waals surface area contributed by atoms with Crippen LogP contribution in [0.2, 0.25) is 0 Å². The van der Waals surface area contributed by atoms with Crippen molar-refractivity contribution < 1.29 is 14.3 Å². The van der Waals surface area contributed by atoms with E-state index >= 15 is 0 Å². The standard InChI is InChI=1S/C14H20N2O3/c1-4-9-7-13(16-14(17)19-3)11-8-10(18-2)5-6-12(11)15-9/h5-6,8-9,13,15H,4,7H2,1-3H3,(H,16,17)/t9-,13+/m1/s1. The molecule has 104 valence electrons. The predicted octanol–water partition coefficient (Wildman–Crippen LogP) is 2.69. The van der Waals surface area contributed by atoms with E-state index in [4.69, 9.17) is 9.47 Å². The zero-order valence-electron chi connectivity index (χ0n) is 11.5. The highest BCUT2D eigenvalue weighted by atomic mass is 16.5. The van der Waals surface area contributed by atoms with E-state index in [1.165, 1.54) is 7.11 Å². The number of nitrogens with one attached hydrogen (secondary N) is 2. The van der Waals surface area contributed by atoms with E-state index in [-0.39, 0.29) is 6.04 Å². The maximum Gasteiger partial charge on any atom is 0.407 e. The number of fused-ring (bicyclic) bond motifs is 1. The van der Waals surface area contributed by atoms with Crippen LogP contribution >= 0.6 is 0 Å². The van der Waals surface area contributed by atoms with Crippen LogP contribution in [0.5, 0.6) is 5.75 Å². The van der Waals surface area contributed by atoms with Crippen molar-refractivity contribution >= 4 is 11.8 Å². The summed E-state index contributed by atoms with van der Waals surface area (Å²) in [4.78, 5) is 11.5. The van der Waals surface area contributed by atoms with Crippen LogP contribution in [0.4, 0.5) is 10.5 Å². The summed E-state index contributed by atoms with van der Waals surface area (Å²) < 4.78 is 9.93. The number of ether oxygens (including phenoxy) is 2. The Morgan fingerprint density at radius 3 is 2.89 bits per heavy atom. The molecule has 2 atom stereocenters. The normalized spacial score (nSPS) is 21.0. The largest absolute Gasteiger partial charge is 0.497 e. The molecular formula is C14H20N2O3. The molecule has 19 heavy (non-hydrogen) atoms. The Balaban J connectivity index is 2.30. The molecular weight excluding hydrogens is 244 g/mol. The first-order valence-corrected chi connectivity index (χ1v) is 6.46. The summed E-state index contributed by atoms with van der Waals surface area (Å²) in [5.74, 6) is 0.784. The van der Waals surface area contributed by atoms with Crippen LogP contribution in [0.25, 0.3) is 0 Å². The molecule has 1 heterocycles. The Hall–Kier alpha value is -1.91. The minimum absolute atomic E-state index is 0.0521. The first-order chi connectivity index (χ1) is 9.17. The Kier molecular flexibility index (Phi) is 4.14. The highest BCUT2D eigenvalue weighted by Crippen LogP contribution is 2.35. The monoisotopic (exact) mass is 264 g/mol. The second-order valence-electron chi connectivity index (χ2n) is 4.63. The molecule has 2 rings (SSSR count). The number of hydrogen-bond donors (Lipinski definition) is 2. The zero-order valence-corrected chi connectivity index (χ0v) is 11.5. The first-order valence-electron chi connectivity index (χ1n) is 6.46. The smallest absolute Gasteiger partial charge is 0.407 e. The number of benzene rings is 1. The number of hydrogen-bond acceptors (Lipinski definition) is 4. The lowest BCUT2D eigenvalue weighted by atomic mass is 9.91. The summed E-state index contributed by atoms with van der Waals surface area (Å²) in [6.45, 7) is 2.13. The van der Waals surface area contributed by atoms with Crippen LogP contribution in [0.1, 0.15) is 31.4 Å². The number of carbonyl (C=O) groups excluding carboxylic acids is 1. The van der Waals surface area contributed by atoms with Gasteiger partial charge in [0.25, 0.3) is 0 Å². The lowest BCUT2D eigenvalue weighted by molar-refractivity contribution is 0.165. The van der Waals surface area contributed by atoms with Gasteiger partial charge >= 0.3 is 6.09 Å². The average molecular weight is 264 g/mol. The van der Waals surface area contributed by atoms with Gasteiger partial charge in [-0.15, -0.1) is 0 Å². The summed E-state index contributed by atoms with van der Waals surface area (Å²) in [7, 11) is 3.01. The van der Waals surface area contributed by atoms with Gasteiger partial charge in [0, 0.05) is 17.3 Å². The number of amides is 1. The SMILES string of the molecule is CC[C@@H]1C[C@H](NC(=O)OC)c2cc(OC)ccc2N1. The van der Waals surface area contributed by atoms with E-state index in [1.54, 1.807) is 7.11 Å². The van der Waals surface area contributed by atoms with Crippen LogP contribution in [-0.4, -0.2) is 26.4 Å². The minimum atomic E-state index is -0.407. The molecule has 1 aromatic rings. The molecule has 0 spiro atoms. The quantitative estimate of drug-likeness (QED) is 0.881. The van der Waals surface area contributed by atoms with E-state index in [2.05, 4.69) is 17.6 Å². The molecule has 1 aliphatic heterocycles. The topological polar surface area (TPSA) is 59.6 Å². The maximum absolute atomic E-state index is 11.5. The fourth-order valence-electron chi connectivity index (χ4n) is 2.38. The van der Waals surface area contributed by atoms with Crippen molar-refractivity contribution in [2.75, 3.05) is 19.5 Å². The molecule has 0 aromatic heterocycles. The van der Waals surface area contributed by atoms with Gasteiger partial charge < -0.3 is 20.1 Å². The number of carbonyl (C=O) groups is 1. The van der Waals surface area contributed by atoms with Crippen LogP contribution in [0.3, 0.4) is 0 Å². The van der Waals surface area contributed by atoms with Gasteiger partial charge in [-0.25, -0.2) is 4.79 Å². The molecule has 1 amide bonds. The summed E-state index contributed by atoms with van der Waals surface area (Å²) in [6.07, 6.45) is 1.44.